The number of halogens is 1. The van der Waals surface area contributed by atoms with Gasteiger partial charge in [-0.25, -0.2) is 4.79 Å². The second kappa shape index (κ2) is 3.18. The molecule has 0 bridgehead atoms. The molecule has 3 aromatic rings. The molecule has 0 aliphatic rings. The molecule has 0 amide bonds. The molecule has 3 rings (SSSR count). The van der Waals surface area contributed by atoms with Crippen molar-refractivity contribution in [3.8, 4) is 0 Å². The van der Waals surface area contributed by atoms with E-state index in [0.717, 1.165) is 20.9 Å². The van der Waals surface area contributed by atoms with Crippen LogP contribution in [-0.2, 0) is 0 Å². The van der Waals surface area contributed by atoms with Crippen LogP contribution in [0.25, 0.3) is 22.1 Å². The highest BCUT2D eigenvalue weighted by molar-refractivity contribution is 9.10. The lowest BCUT2D eigenvalue weighted by atomic mass is 10.2. The van der Waals surface area contributed by atoms with E-state index in [9.17, 15) is 4.79 Å². The van der Waals surface area contributed by atoms with Gasteiger partial charge in [0, 0.05) is 11.1 Å². The molecule has 1 aromatic carbocycles. The fourth-order valence-electron chi connectivity index (χ4n) is 1.86. The molecule has 5 heteroatoms. The molecule has 4 nitrogen and oxygen atoms in total. The Bertz CT molecular complexity index is 758. The predicted octanol–water partition coefficient (Wildman–Crippen LogP) is 2.74. The summed E-state index contributed by atoms with van der Waals surface area (Å²) in [5.41, 5.74) is 1.47. The third-order valence-corrected chi connectivity index (χ3v) is 3.15. The van der Waals surface area contributed by atoms with Crippen molar-refractivity contribution in [1.82, 2.24) is 9.97 Å². The van der Waals surface area contributed by atoms with Gasteiger partial charge in [-0.2, -0.15) is 4.98 Å². The average molecular weight is 279 g/mol. The first kappa shape index (κ1) is 9.59. The van der Waals surface area contributed by atoms with E-state index in [-0.39, 0.29) is 5.69 Å². The van der Waals surface area contributed by atoms with Crippen molar-refractivity contribution in [3.63, 3.8) is 0 Å². The number of H-pyrrole nitrogens is 1. The lowest BCUT2D eigenvalue weighted by molar-refractivity contribution is 0.648. The summed E-state index contributed by atoms with van der Waals surface area (Å²) in [6, 6.07) is 5.76. The molecule has 80 valence electrons. The van der Waals surface area contributed by atoms with Crippen LogP contribution in [0.1, 0.15) is 5.69 Å². The number of benzene rings is 1. The number of aromatic amines is 1. The van der Waals surface area contributed by atoms with E-state index in [1.165, 1.54) is 0 Å². The number of aryl methyl sites for hydroxylation is 1. The topological polar surface area (TPSA) is 58.9 Å². The molecule has 0 unspecified atom stereocenters. The summed E-state index contributed by atoms with van der Waals surface area (Å²) in [5.74, 6) is 0. The van der Waals surface area contributed by atoms with E-state index < -0.39 is 0 Å². The van der Waals surface area contributed by atoms with E-state index in [2.05, 4.69) is 25.9 Å². The summed E-state index contributed by atoms with van der Waals surface area (Å²) in [4.78, 5) is 17.7. The minimum Gasteiger partial charge on any atom is -0.436 e. The number of furan rings is 1. The van der Waals surface area contributed by atoms with Gasteiger partial charge in [0.2, 0.25) is 5.71 Å². The number of para-hydroxylation sites is 1. The Labute approximate surface area is 98.4 Å². The van der Waals surface area contributed by atoms with Gasteiger partial charge in [-0.15, -0.1) is 0 Å². The molecule has 2 heterocycles. The molecule has 2 aromatic heterocycles. The van der Waals surface area contributed by atoms with Gasteiger partial charge in [0.15, 0.2) is 5.58 Å². The van der Waals surface area contributed by atoms with Crippen LogP contribution in [0, 0.1) is 6.92 Å². The lowest BCUT2D eigenvalue weighted by Crippen LogP contribution is -2.10. The summed E-state index contributed by atoms with van der Waals surface area (Å²) < 4.78 is 6.42. The average Bonchev–Trinajstić information content (AvgIpc) is 2.57. The lowest BCUT2D eigenvalue weighted by Gasteiger charge is -1.93. The van der Waals surface area contributed by atoms with Crippen molar-refractivity contribution in [1.29, 1.82) is 0 Å². The van der Waals surface area contributed by atoms with Gasteiger partial charge in [0.25, 0.3) is 0 Å². The van der Waals surface area contributed by atoms with E-state index in [1.54, 1.807) is 0 Å². The largest absolute Gasteiger partial charge is 0.436 e. The summed E-state index contributed by atoms with van der Waals surface area (Å²) in [5, 5.41) is 1.81. The monoisotopic (exact) mass is 278 g/mol. The van der Waals surface area contributed by atoms with Crippen molar-refractivity contribution >= 4 is 38.0 Å². The smallest absolute Gasteiger partial charge is 0.348 e. The number of nitrogens with zero attached hydrogens (tertiary/aromatic N) is 1. The normalized spacial score (nSPS) is 11.4. The third-order valence-electron chi connectivity index (χ3n) is 2.52. The molecular formula is C11H7BrN2O2. The fourth-order valence-corrected chi connectivity index (χ4v) is 2.30. The van der Waals surface area contributed by atoms with Crippen molar-refractivity contribution in [2.45, 2.75) is 6.92 Å². The second-order valence-electron chi connectivity index (χ2n) is 3.57. The Balaban J connectivity index is 2.66. The predicted molar refractivity (Wildman–Crippen MR) is 64.6 cm³/mol. The van der Waals surface area contributed by atoms with Crippen LogP contribution in [0.5, 0.6) is 0 Å². The maximum absolute atomic E-state index is 11.2. The van der Waals surface area contributed by atoms with Crippen LogP contribution in [0.15, 0.2) is 31.9 Å². The van der Waals surface area contributed by atoms with Crippen LogP contribution < -0.4 is 5.69 Å². The highest BCUT2D eigenvalue weighted by Gasteiger charge is 2.13. The second-order valence-corrected chi connectivity index (χ2v) is 4.42. The van der Waals surface area contributed by atoms with Crippen molar-refractivity contribution in [2.24, 2.45) is 0 Å². The first-order valence-electron chi connectivity index (χ1n) is 4.74. The van der Waals surface area contributed by atoms with Gasteiger partial charge in [-0.05, 0) is 28.9 Å². The molecule has 0 atom stereocenters. The van der Waals surface area contributed by atoms with E-state index in [4.69, 9.17) is 4.42 Å². The van der Waals surface area contributed by atoms with Gasteiger partial charge in [-0.1, -0.05) is 12.1 Å². The molecule has 0 spiro atoms. The Kier molecular flexibility index (Phi) is 1.91. The van der Waals surface area contributed by atoms with Gasteiger partial charge >= 0.3 is 5.69 Å². The summed E-state index contributed by atoms with van der Waals surface area (Å²) >= 11 is 3.41. The number of fused-ring (bicyclic) bond motifs is 3. The van der Waals surface area contributed by atoms with Gasteiger partial charge in [0.1, 0.15) is 0 Å². The Morgan fingerprint density at radius 1 is 1.44 bits per heavy atom. The standard InChI is InChI=1S/C11H7BrN2O2/c1-5-8-6-3-2-4-7(12)9(6)16-10(8)14-11(15)13-5/h2-4H,1H3,(H,13,14,15). The number of rotatable bonds is 0. The first-order valence-corrected chi connectivity index (χ1v) is 5.54. The van der Waals surface area contributed by atoms with Crippen LogP contribution in [-0.4, -0.2) is 9.97 Å². The maximum Gasteiger partial charge on any atom is 0.348 e. The molecule has 0 saturated carbocycles. The molecule has 1 N–H and O–H groups in total. The van der Waals surface area contributed by atoms with Gasteiger partial charge < -0.3 is 9.40 Å². The van der Waals surface area contributed by atoms with E-state index in [0.29, 0.717) is 11.3 Å². The van der Waals surface area contributed by atoms with Crippen LogP contribution in [0.4, 0.5) is 0 Å². The van der Waals surface area contributed by atoms with E-state index in [1.807, 2.05) is 25.1 Å². The summed E-state index contributed by atoms with van der Waals surface area (Å²) in [6.07, 6.45) is 0. The van der Waals surface area contributed by atoms with Crippen LogP contribution >= 0.6 is 15.9 Å². The minimum absolute atomic E-state index is 0.378. The number of aromatic nitrogens is 2. The number of nitrogens with one attached hydrogen (secondary N) is 1. The maximum atomic E-state index is 11.2. The Hall–Kier alpha value is -1.62. The third kappa shape index (κ3) is 1.21. The zero-order valence-corrected chi connectivity index (χ0v) is 9.96. The van der Waals surface area contributed by atoms with Crippen LogP contribution in [0.3, 0.4) is 0 Å². The van der Waals surface area contributed by atoms with Crippen molar-refractivity contribution in [3.05, 3.63) is 38.9 Å². The quantitative estimate of drug-likeness (QED) is 0.688. The van der Waals surface area contributed by atoms with Crippen molar-refractivity contribution < 1.29 is 4.42 Å². The molecular weight excluding hydrogens is 272 g/mol. The first-order chi connectivity index (χ1) is 7.66. The minimum atomic E-state index is -0.389. The molecule has 0 radical (unpaired) electrons. The van der Waals surface area contributed by atoms with Crippen molar-refractivity contribution in [2.75, 3.05) is 0 Å². The summed E-state index contributed by atoms with van der Waals surface area (Å²) in [7, 11) is 0. The zero-order chi connectivity index (χ0) is 11.3. The molecule has 0 aliphatic heterocycles. The van der Waals surface area contributed by atoms with Gasteiger partial charge in [-0.3, -0.25) is 0 Å². The SMILES string of the molecule is Cc1[nH]c(=O)nc2oc3c(Br)cccc3c12. The molecule has 0 saturated heterocycles. The highest BCUT2D eigenvalue weighted by Crippen LogP contribution is 2.32. The Morgan fingerprint density at radius 3 is 3.06 bits per heavy atom. The molecule has 16 heavy (non-hydrogen) atoms. The van der Waals surface area contributed by atoms with Crippen LogP contribution in [0.2, 0.25) is 0 Å². The van der Waals surface area contributed by atoms with Gasteiger partial charge in [0.05, 0.1) is 9.86 Å². The molecule has 0 aliphatic carbocycles. The highest BCUT2D eigenvalue weighted by atomic mass is 79.9. The number of hydrogen-bond acceptors (Lipinski definition) is 3. The number of hydrogen-bond donors (Lipinski definition) is 1. The Morgan fingerprint density at radius 2 is 2.25 bits per heavy atom. The summed E-state index contributed by atoms with van der Waals surface area (Å²) in [6.45, 7) is 1.83. The fraction of sp³-hybridized carbons (Fsp3) is 0.0909. The van der Waals surface area contributed by atoms with E-state index >= 15 is 0 Å². The zero-order valence-electron chi connectivity index (χ0n) is 8.37. The molecule has 0 fully saturated rings.